The first kappa shape index (κ1) is 14.4. The second-order valence-electron chi connectivity index (χ2n) is 5.01. The third kappa shape index (κ3) is 3.12. The molecule has 1 amide bonds. The second-order valence-corrected chi connectivity index (χ2v) is 5.87. The quantitative estimate of drug-likeness (QED) is 0.817. The topological polar surface area (TPSA) is 41.1 Å². The van der Waals surface area contributed by atoms with Crippen LogP contribution in [0.3, 0.4) is 0 Å². The van der Waals surface area contributed by atoms with Crippen molar-refractivity contribution in [2.24, 2.45) is 5.41 Å². The van der Waals surface area contributed by atoms with E-state index >= 15 is 0 Å². The molecule has 19 heavy (non-hydrogen) atoms. The molecule has 0 radical (unpaired) electrons. The molecule has 1 heterocycles. The average molecular weight is 333 g/mol. The number of anilines is 1. The van der Waals surface area contributed by atoms with Gasteiger partial charge in [0.15, 0.2) is 0 Å². The van der Waals surface area contributed by atoms with Gasteiger partial charge in [-0.05, 0) is 47.9 Å². The minimum atomic E-state index is -0.654. The standard InChI is InChI=1S/C13H15BrF2N2O/c1-13(2-4-17-5-3-13)12(19)18-11-7-9(15)8(14)6-10(11)16/h6-7,17H,2-5H2,1H3,(H,18,19). The molecule has 2 N–H and O–H groups in total. The van der Waals surface area contributed by atoms with Crippen LogP contribution in [0.2, 0.25) is 0 Å². The van der Waals surface area contributed by atoms with Gasteiger partial charge in [0.1, 0.15) is 11.6 Å². The van der Waals surface area contributed by atoms with E-state index in [1.54, 1.807) is 0 Å². The van der Waals surface area contributed by atoms with Crippen molar-refractivity contribution in [2.45, 2.75) is 19.8 Å². The fourth-order valence-corrected chi connectivity index (χ4v) is 2.41. The Morgan fingerprint density at radius 3 is 2.58 bits per heavy atom. The maximum atomic E-state index is 13.7. The summed E-state index contributed by atoms with van der Waals surface area (Å²) in [6.45, 7) is 3.35. The van der Waals surface area contributed by atoms with Crippen LogP contribution in [0.5, 0.6) is 0 Å². The van der Waals surface area contributed by atoms with Crippen molar-refractivity contribution in [2.75, 3.05) is 18.4 Å². The van der Waals surface area contributed by atoms with Gasteiger partial charge in [0.25, 0.3) is 0 Å². The van der Waals surface area contributed by atoms with Crippen LogP contribution >= 0.6 is 15.9 Å². The number of hydrogen-bond donors (Lipinski definition) is 2. The number of carbonyl (C=O) groups is 1. The summed E-state index contributed by atoms with van der Waals surface area (Å²) < 4.78 is 27.1. The highest BCUT2D eigenvalue weighted by atomic mass is 79.9. The molecular formula is C13H15BrF2N2O. The third-order valence-corrected chi connectivity index (χ3v) is 4.12. The lowest BCUT2D eigenvalue weighted by molar-refractivity contribution is -0.126. The molecule has 0 aromatic heterocycles. The Morgan fingerprint density at radius 1 is 1.32 bits per heavy atom. The summed E-state index contributed by atoms with van der Waals surface area (Å²) >= 11 is 2.90. The normalized spacial score (nSPS) is 18.1. The lowest BCUT2D eigenvalue weighted by Gasteiger charge is -2.32. The fourth-order valence-electron chi connectivity index (χ4n) is 2.10. The Hall–Kier alpha value is -1.01. The van der Waals surface area contributed by atoms with Gasteiger partial charge in [-0.1, -0.05) is 6.92 Å². The number of amides is 1. The van der Waals surface area contributed by atoms with Crippen molar-refractivity contribution >= 4 is 27.5 Å². The van der Waals surface area contributed by atoms with Crippen LogP contribution in [0.25, 0.3) is 0 Å². The highest BCUT2D eigenvalue weighted by molar-refractivity contribution is 9.10. The summed E-state index contributed by atoms with van der Waals surface area (Å²) in [4.78, 5) is 12.2. The summed E-state index contributed by atoms with van der Waals surface area (Å²) in [6, 6.07) is 2.00. The molecule has 2 rings (SSSR count). The number of halogens is 3. The Balaban J connectivity index is 2.16. The van der Waals surface area contributed by atoms with Crippen LogP contribution in [0, 0.1) is 17.0 Å². The molecule has 0 aliphatic carbocycles. The smallest absolute Gasteiger partial charge is 0.230 e. The van der Waals surface area contributed by atoms with Crippen molar-refractivity contribution in [3.8, 4) is 0 Å². The Bertz CT molecular complexity index is 502. The predicted octanol–water partition coefficient (Wildman–Crippen LogP) is 3.06. The van der Waals surface area contributed by atoms with Gasteiger partial charge in [0.05, 0.1) is 10.2 Å². The molecule has 3 nitrogen and oxygen atoms in total. The van der Waals surface area contributed by atoms with Crippen molar-refractivity contribution in [3.05, 3.63) is 28.2 Å². The van der Waals surface area contributed by atoms with Gasteiger partial charge in [0.2, 0.25) is 5.91 Å². The van der Waals surface area contributed by atoms with E-state index < -0.39 is 17.0 Å². The summed E-state index contributed by atoms with van der Waals surface area (Å²) in [5, 5.41) is 5.65. The molecule has 0 atom stereocenters. The molecule has 1 saturated heterocycles. The number of rotatable bonds is 2. The van der Waals surface area contributed by atoms with E-state index in [4.69, 9.17) is 0 Å². The van der Waals surface area contributed by atoms with Gasteiger partial charge in [-0.15, -0.1) is 0 Å². The zero-order valence-corrected chi connectivity index (χ0v) is 12.1. The van der Waals surface area contributed by atoms with Crippen molar-refractivity contribution in [1.82, 2.24) is 5.32 Å². The Morgan fingerprint density at radius 2 is 1.95 bits per heavy atom. The molecule has 0 saturated carbocycles. The van der Waals surface area contributed by atoms with E-state index in [-0.39, 0.29) is 16.1 Å². The van der Waals surface area contributed by atoms with Gasteiger partial charge in [0, 0.05) is 11.5 Å². The number of piperidine rings is 1. The molecule has 6 heteroatoms. The maximum Gasteiger partial charge on any atom is 0.230 e. The molecule has 0 unspecified atom stereocenters. The van der Waals surface area contributed by atoms with Crippen LogP contribution in [0.1, 0.15) is 19.8 Å². The molecule has 1 aromatic rings. The van der Waals surface area contributed by atoms with Crippen LogP contribution in [-0.4, -0.2) is 19.0 Å². The number of nitrogens with one attached hydrogen (secondary N) is 2. The van der Waals surface area contributed by atoms with Gasteiger partial charge < -0.3 is 10.6 Å². The molecule has 0 spiro atoms. The van der Waals surface area contributed by atoms with Gasteiger partial charge >= 0.3 is 0 Å². The van der Waals surface area contributed by atoms with E-state index in [0.717, 1.165) is 25.2 Å². The van der Waals surface area contributed by atoms with E-state index in [0.29, 0.717) is 12.8 Å². The molecule has 1 aliphatic rings. The first-order valence-electron chi connectivity index (χ1n) is 6.09. The van der Waals surface area contributed by atoms with E-state index in [1.165, 1.54) is 0 Å². The maximum absolute atomic E-state index is 13.7. The van der Waals surface area contributed by atoms with Gasteiger partial charge in [-0.2, -0.15) is 0 Å². The van der Waals surface area contributed by atoms with Crippen molar-refractivity contribution < 1.29 is 13.6 Å². The highest BCUT2D eigenvalue weighted by Gasteiger charge is 2.34. The zero-order chi connectivity index (χ0) is 14.0. The summed E-state index contributed by atoms with van der Waals surface area (Å²) in [6.07, 6.45) is 1.36. The second kappa shape index (κ2) is 5.54. The number of carbonyl (C=O) groups excluding carboxylic acids is 1. The van der Waals surface area contributed by atoms with Crippen molar-refractivity contribution in [3.63, 3.8) is 0 Å². The molecule has 104 valence electrons. The SMILES string of the molecule is CC1(C(=O)Nc2cc(F)c(Br)cc2F)CCNCC1. The van der Waals surface area contributed by atoms with Gasteiger partial charge in [-0.3, -0.25) is 4.79 Å². The minimum Gasteiger partial charge on any atom is -0.323 e. The molecule has 0 bridgehead atoms. The monoisotopic (exact) mass is 332 g/mol. The summed E-state index contributed by atoms with van der Waals surface area (Å²) in [5.41, 5.74) is -0.660. The molecule has 1 aliphatic heterocycles. The summed E-state index contributed by atoms with van der Waals surface area (Å²) in [7, 11) is 0. The van der Waals surface area contributed by atoms with Crippen LogP contribution in [-0.2, 0) is 4.79 Å². The van der Waals surface area contributed by atoms with Crippen LogP contribution < -0.4 is 10.6 Å². The minimum absolute atomic E-state index is 0.0380. The number of hydrogen-bond acceptors (Lipinski definition) is 2. The zero-order valence-electron chi connectivity index (χ0n) is 10.5. The van der Waals surface area contributed by atoms with Crippen LogP contribution in [0.4, 0.5) is 14.5 Å². The lowest BCUT2D eigenvalue weighted by atomic mass is 9.80. The molecular weight excluding hydrogens is 318 g/mol. The van der Waals surface area contributed by atoms with E-state index in [9.17, 15) is 13.6 Å². The first-order valence-corrected chi connectivity index (χ1v) is 6.88. The van der Waals surface area contributed by atoms with E-state index in [1.807, 2.05) is 6.92 Å². The first-order chi connectivity index (χ1) is 8.92. The Labute approximate surface area is 118 Å². The van der Waals surface area contributed by atoms with Crippen molar-refractivity contribution in [1.29, 1.82) is 0 Å². The van der Waals surface area contributed by atoms with Crippen LogP contribution in [0.15, 0.2) is 16.6 Å². The molecule has 1 fully saturated rings. The highest BCUT2D eigenvalue weighted by Crippen LogP contribution is 2.31. The summed E-state index contributed by atoms with van der Waals surface area (Å²) in [5.74, 6) is -1.53. The predicted molar refractivity (Wildman–Crippen MR) is 72.9 cm³/mol. The average Bonchev–Trinajstić information content (AvgIpc) is 2.36. The Kier molecular flexibility index (Phi) is 4.20. The lowest BCUT2D eigenvalue weighted by Crippen LogP contribution is -2.43. The fraction of sp³-hybridized carbons (Fsp3) is 0.462. The number of benzene rings is 1. The van der Waals surface area contributed by atoms with E-state index in [2.05, 4.69) is 26.6 Å². The third-order valence-electron chi connectivity index (χ3n) is 3.51. The largest absolute Gasteiger partial charge is 0.323 e. The van der Waals surface area contributed by atoms with Gasteiger partial charge in [-0.25, -0.2) is 8.78 Å². The molecule has 1 aromatic carbocycles.